The molecule has 15 heteroatoms. The molecule has 12 rings (SSSR count). The number of alkyl halides is 3. The van der Waals surface area contributed by atoms with Crippen LogP contribution >= 0.6 is 0 Å². The van der Waals surface area contributed by atoms with Crippen LogP contribution in [-0.4, -0.2) is 47.9 Å². The third-order valence-electron chi connectivity index (χ3n) is 15.7. The van der Waals surface area contributed by atoms with Crippen molar-refractivity contribution in [3.05, 3.63) is 174 Å². The Morgan fingerprint density at radius 3 is 1.29 bits per heavy atom. The minimum Gasteiger partial charge on any atom is -0.342 e. The summed E-state index contributed by atoms with van der Waals surface area (Å²) in [6.45, 7) is 22.8. The summed E-state index contributed by atoms with van der Waals surface area (Å²) in [5.41, 5.74) is 15.8. The highest BCUT2D eigenvalue weighted by atomic mass is 19.4. The van der Waals surface area contributed by atoms with Gasteiger partial charge in [0.2, 0.25) is 0 Å². The molecule has 0 saturated carbocycles. The minimum atomic E-state index is -4.39. The van der Waals surface area contributed by atoms with Crippen molar-refractivity contribution >= 4 is 34.8 Å². The van der Waals surface area contributed by atoms with E-state index in [1.54, 1.807) is 0 Å². The molecule has 0 saturated heterocycles. The summed E-state index contributed by atoms with van der Waals surface area (Å²) in [4.78, 5) is 39.1. The average molecular weight is 1020 g/mol. The van der Waals surface area contributed by atoms with Gasteiger partial charge in [0.25, 0.3) is 0 Å². The molecule has 6 aliphatic rings. The first kappa shape index (κ1) is 51.2. The van der Waals surface area contributed by atoms with Crippen molar-refractivity contribution in [2.24, 2.45) is 16.2 Å². The molecule has 3 aromatic heterocycles. The van der Waals surface area contributed by atoms with E-state index in [0.717, 1.165) is 98.6 Å². The maximum absolute atomic E-state index is 13.1. The van der Waals surface area contributed by atoms with Crippen molar-refractivity contribution in [3.63, 3.8) is 0 Å². The van der Waals surface area contributed by atoms with Gasteiger partial charge in [0.15, 0.2) is 34.8 Å². The fraction of sp³-hybridized carbons (Fsp3) is 0.400. The number of aromatic amines is 3. The third-order valence-corrected chi connectivity index (χ3v) is 15.7. The highest BCUT2D eigenvalue weighted by Gasteiger charge is 2.45. The average Bonchev–Trinajstić information content (AvgIpc) is 4.02. The van der Waals surface area contributed by atoms with Crippen LogP contribution < -0.4 is 16.0 Å². The van der Waals surface area contributed by atoms with E-state index in [-0.39, 0.29) is 45.4 Å². The molecule has 3 aliphatic carbocycles. The number of benzene rings is 3. The van der Waals surface area contributed by atoms with Gasteiger partial charge in [0.05, 0.1) is 5.56 Å². The number of nitrogens with zero attached hydrogens (tertiary/aromatic N) is 3. The molecule has 0 radical (unpaired) electrons. The molecule has 3 aromatic carbocycles. The number of hydrogen-bond donors (Lipinski definition) is 6. The normalized spacial score (nSPS) is 21.8. The van der Waals surface area contributed by atoms with Gasteiger partial charge in [-0.15, -0.1) is 0 Å². The van der Waals surface area contributed by atoms with Crippen LogP contribution in [0.2, 0.25) is 0 Å². The topological polar surface area (TPSA) is 173 Å². The number of Topliss-reactive ketones (excluding diaryl/α,β-unsaturated/α-hetero) is 3. The van der Waals surface area contributed by atoms with Gasteiger partial charge in [-0.2, -0.15) is 28.5 Å². The number of ketones is 3. The first-order valence-electron chi connectivity index (χ1n) is 25.8. The van der Waals surface area contributed by atoms with Crippen LogP contribution in [0.1, 0.15) is 165 Å². The summed E-state index contributed by atoms with van der Waals surface area (Å²) in [7, 11) is 0. The Labute approximate surface area is 435 Å². The van der Waals surface area contributed by atoms with Crippen LogP contribution in [0.15, 0.2) is 107 Å². The number of fused-ring (bicyclic) bond motifs is 3. The monoisotopic (exact) mass is 1020 g/mol. The van der Waals surface area contributed by atoms with Crippen molar-refractivity contribution in [1.82, 2.24) is 30.6 Å². The standard InChI is InChI=1S/C20H20F3N3O.2C20H23N3O/c1-10-15-16(11-4-6-12(7-5-11)20(21,22)23)17-13(24-18(15)26-25-10)8-19(2,3)9-14(17)27;1-11-6-5-7-13(8-11)17-16-12(2)22-23-19(16)21-14-9-20(3,4)10-15(24)18(14)17;1-11-7-5-6-8-13(11)17-16-12(2)22-23-19(16)21-14-9-20(3,4)10-15(24)18(14)17/h4-7,16H,8-9H2,1-3H3,(H2,24,25,26);2*5-8,17H,9-10H2,1-4H3,(H2,21,22,23)/t;;17-/m..1/s1. The summed E-state index contributed by atoms with van der Waals surface area (Å²) in [5, 5.41) is 32.4. The molecule has 6 heterocycles. The van der Waals surface area contributed by atoms with E-state index in [1.165, 1.54) is 34.4 Å². The van der Waals surface area contributed by atoms with Crippen molar-refractivity contribution in [1.29, 1.82) is 0 Å². The molecule has 390 valence electrons. The molecule has 0 fully saturated rings. The quantitative estimate of drug-likeness (QED) is 0.101. The molecule has 0 spiro atoms. The van der Waals surface area contributed by atoms with E-state index < -0.39 is 17.7 Å². The zero-order valence-corrected chi connectivity index (χ0v) is 44.6. The second kappa shape index (κ2) is 18.5. The van der Waals surface area contributed by atoms with Crippen LogP contribution in [0, 0.1) is 50.9 Å². The number of nitrogens with one attached hydrogen (secondary N) is 6. The summed E-state index contributed by atoms with van der Waals surface area (Å²) in [6, 6.07) is 21.9. The summed E-state index contributed by atoms with van der Waals surface area (Å²) >= 11 is 0. The van der Waals surface area contributed by atoms with Crippen molar-refractivity contribution in [2.75, 3.05) is 16.0 Å². The lowest BCUT2D eigenvalue weighted by Gasteiger charge is -2.38. The summed E-state index contributed by atoms with van der Waals surface area (Å²) in [6.07, 6.45) is -0.334. The number of aromatic nitrogens is 6. The molecule has 75 heavy (non-hydrogen) atoms. The Balaban J connectivity index is 0.000000129. The Bertz CT molecular complexity index is 3410. The second-order valence-corrected chi connectivity index (χ2v) is 23.9. The van der Waals surface area contributed by atoms with Gasteiger partial charge in [-0.05, 0) is 105 Å². The highest BCUT2D eigenvalue weighted by molar-refractivity contribution is 6.03. The molecular weight excluding hydrogens is 952 g/mol. The number of H-pyrrole nitrogens is 3. The maximum Gasteiger partial charge on any atom is 0.416 e. The van der Waals surface area contributed by atoms with Gasteiger partial charge in [-0.25, -0.2) is 0 Å². The van der Waals surface area contributed by atoms with E-state index in [9.17, 15) is 27.6 Å². The van der Waals surface area contributed by atoms with Crippen LogP contribution in [0.5, 0.6) is 0 Å². The van der Waals surface area contributed by atoms with Crippen molar-refractivity contribution in [2.45, 2.75) is 139 Å². The van der Waals surface area contributed by atoms with E-state index in [2.05, 4.69) is 131 Å². The predicted molar refractivity (Wildman–Crippen MR) is 285 cm³/mol. The number of hydrogen-bond acceptors (Lipinski definition) is 9. The smallest absolute Gasteiger partial charge is 0.342 e. The zero-order chi connectivity index (χ0) is 53.7. The summed E-state index contributed by atoms with van der Waals surface area (Å²) < 4.78 is 38.8. The lowest BCUT2D eigenvalue weighted by atomic mass is 9.68. The molecule has 6 aromatic rings. The Kier molecular flexibility index (Phi) is 12.6. The Hall–Kier alpha value is -7.29. The van der Waals surface area contributed by atoms with Crippen LogP contribution in [0.3, 0.4) is 0 Å². The molecule has 0 amide bonds. The fourth-order valence-corrected chi connectivity index (χ4v) is 12.5. The predicted octanol–water partition coefficient (Wildman–Crippen LogP) is 13.4. The minimum absolute atomic E-state index is 0.0110. The third kappa shape index (κ3) is 9.59. The summed E-state index contributed by atoms with van der Waals surface area (Å²) in [5.74, 6) is 2.44. The van der Waals surface area contributed by atoms with Gasteiger partial charge >= 0.3 is 6.18 Å². The van der Waals surface area contributed by atoms with E-state index in [1.807, 2.05) is 40.7 Å². The van der Waals surface area contributed by atoms with Crippen molar-refractivity contribution < 1.29 is 27.6 Å². The van der Waals surface area contributed by atoms with Crippen LogP contribution in [0.4, 0.5) is 30.6 Å². The number of carbonyl (C=O) groups excluding carboxylic acids is 3. The van der Waals surface area contributed by atoms with Gasteiger partial charge in [-0.3, -0.25) is 29.7 Å². The number of aryl methyl sites for hydroxylation is 5. The lowest BCUT2D eigenvalue weighted by Crippen LogP contribution is -2.34. The van der Waals surface area contributed by atoms with E-state index >= 15 is 0 Å². The lowest BCUT2D eigenvalue weighted by molar-refractivity contribution is -0.137. The molecule has 3 atom stereocenters. The van der Waals surface area contributed by atoms with Gasteiger partial charge < -0.3 is 16.0 Å². The number of rotatable bonds is 3. The van der Waals surface area contributed by atoms with E-state index in [0.29, 0.717) is 42.6 Å². The highest BCUT2D eigenvalue weighted by Crippen LogP contribution is 2.53. The maximum atomic E-state index is 13.1. The fourth-order valence-electron chi connectivity index (χ4n) is 12.5. The van der Waals surface area contributed by atoms with Crippen LogP contribution in [0.25, 0.3) is 0 Å². The molecule has 2 unspecified atom stereocenters. The van der Waals surface area contributed by atoms with Gasteiger partial charge in [-0.1, -0.05) is 108 Å². The second-order valence-electron chi connectivity index (χ2n) is 23.9. The number of allylic oxidation sites excluding steroid dienone is 6. The molecule has 0 bridgehead atoms. The Morgan fingerprint density at radius 1 is 0.480 bits per heavy atom. The first-order chi connectivity index (χ1) is 35.3. The number of carbonyl (C=O) groups is 3. The van der Waals surface area contributed by atoms with Crippen LogP contribution in [-0.2, 0) is 20.6 Å². The Morgan fingerprint density at radius 2 is 0.880 bits per heavy atom. The molecule has 6 N–H and O–H groups in total. The number of anilines is 3. The number of halogens is 3. The first-order valence-corrected chi connectivity index (χ1v) is 25.8. The van der Waals surface area contributed by atoms with Crippen molar-refractivity contribution in [3.8, 4) is 0 Å². The van der Waals surface area contributed by atoms with Gasteiger partial charge in [0.1, 0.15) is 0 Å². The van der Waals surface area contributed by atoms with Gasteiger partial charge in [0, 0.05) is 105 Å². The molecule has 12 nitrogen and oxygen atoms in total. The SMILES string of the molecule is Cc1[nH]nc2c1C(c1ccc(C(F)(F)F)cc1)C1=C(CC(C)(C)CC1=O)N2.Cc1cccc(C2C3=C(CC(C)(C)CC3=O)Nc3n[nH]c(C)c32)c1.Cc1ccccc1[C@H]1C2=C(CC(C)(C)CC2=O)Nc2n[nH]c(C)c21. The zero-order valence-electron chi connectivity index (χ0n) is 44.6. The van der Waals surface area contributed by atoms with E-state index in [4.69, 9.17) is 0 Å². The largest absolute Gasteiger partial charge is 0.416 e. The molecular formula is C60H66F3N9O3. The molecule has 3 aliphatic heterocycles.